The van der Waals surface area contributed by atoms with Crippen LogP contribution in [0.25, 0.3) is 11.1 Å². The summed E-state index contributed by atoms with van der Waals surface area (Å²) in [6.45, 7) is 0.888. The van der Waals surface area contributed by atoms with Crippen molar-refractivity contribution in [3.63, 3.8) is 0 Å². The van der Waals surface area contributed by atoms with E-state index in [-0.39, 0.29) is 23.1 Å². The van der Waals surface area contributed by atoms with Crippen LogP contribution in [0.4, 0.5) is 20.3 Å². The Kier molecular flexibility index (Phi) is 6.24. The van der Waals surface area contributed by atoms with Crippen molar-refractivity contribution in [2.24, 2.45) is 0 Å². The molecule has 190 valence electrons. The van der Waals surface area contributed by atoms with Crippen molar-refractivity contribution in [1.82, 2.24) is 14.9 Å². The molecule has 12 heteroatoms. The summed E-state index contributed by atoms with van der Waals surface area (Å²) in [7, 11) is 1.68. The number of nitrogens with one attached hydrogen (secondary N) is 1. The number of nitrogens with zero attached hydrogens (tertiary/aromatic N) is 4. The first-order valence-electron chi connectivity index (χ1n) is 11.3. The number of rotatable bonds is 6. The first kappa shape index (κ1) is 24.6. The number of hydrogen-bond acceptors (Lipinski definition) is 6. The highest BCUT2D eigenvalue weighted by Crippen LogP contribution is 2.34. The van der Waals surface area contributed by atoms with E-state index in [2.05, 4.69) is 20.0 Å². The molecular weight excluding hydrogens is 508 g/mol. The average molecular weight is 528 g/mol. The molecule has 3 amide bonds. The molecule has 0 aliphatic carbocycles. The van der Waals surface area contributed by atoms with Crippen molar-refractivity contribution in [3.8, 4) is 16.9 Å². The maximum atomic E-state index is 13.0. The lowest BCUT2D eigenvalue weighted by atomic mass is 10.0. The third-order valence-corrected chi connectivity index (χ3v) is 6.13. The van der Waals surface area contributed by atoms with Crippen LogP contribution in [-0.4, -0.2) is 51.7 Å². The number of alkyl halides is 3. The van der Waals surface area contributed by atoms with Crippen molar-refractivity contribution in [2.75, 3.05) is 23.8 Å². The van der Waals surface area contributed by atoms with Gasteiger partial charge in [0.1, 0.15) is 11.6 Å². The third kappa shape index (κ3) is 5.08. The molecular formula is C25H20ClF2N5O4. The normalized spacial score (nSPS) is 15.2. The highest BCUT2D eigenvalue weighted by Gasteiger charge is 2.30. The minimum Gasteiger partial charge on any atom is -0.420 e. The van der Waals surface area contributed by atoms with Crippen LogP contribution in [0.15, 0.2) is 48.8 Å². The molecule has 0 radical (unpaired) electrons. The number of halogens is 3. The Balaban J connectivity index is 1.47. The fourth-order valence-electron chi connectivity index (χ4n) is 4.28. The van der Waals surface area contributed by atoms with Crippen molar-refractivity contribution < 1.29 is 27.9 Å². The zero-order valence-corrected chi connectivity index (χ0v) is 20.3. The summed E-state index contributed by atoms with van der Waals surface area (Å²) in [6.07, 6.45) is 4.03. The summed E-state index contributed by atoms with van der Waals surface area (Å²) < 4.78 is 29.9. The predicted molar refractivity (Wildman–Crippen MR) is 131 cm³/mol. The molecule has 3 aromatic rings. The third-order valence-electron chi connectivity index (χ3n) is 6.05. The van der Waals surface area contributed by atoms with Crippen LogP contribution in [0.1, 0.15) is 39.3 Å². The smallest absolute Gasteiger partial charge is 0.420 e. The van der Waals surface area contributed by atoms with Gasteiger partial charge in [0.15, 0.2) is 0 Å². The number of carbonyl (C=O) groups is 3. The molecule has 1 aromatic carbocycles. The quantitative estimate of drug-likeness (QED) is 0.480. The summed E-state index contributed by atoms with van der Waals surface area (Å²) in [6, 6.07) is 8.52. The molecule has 0 bridgehead atoms. The molecule has 2 aromatic heterocycles. The summed E-state index contributed by atoms with van der Waals surface area (Å²) in [4.78, 5) is 50.0. The van der Waals surface area contributed by atoms with Gasteiger partial charge >= 0.3 is 5.57 Å². The standard InChI is InChI=1S/C25H20ClF2N5O4/c1-32-13-20-19(24(32)36)9-14(11-29-20)18-10-15(12-30-22(18)33-8-2-3-21(33)34)23(35)31-16-4-6-17(7-5-16)37-25(26,27)28/h4-7,9-12H,2-3,8,13H2,1H3,(H,31,35). The lowest BCUT2D eigenvalue weighted by molar-refractivity contribution is -0.117. The number of aromatic nitrogens is 2. The van der Waals surface area contributed by atoms with Gasteiger partial charge in [-0.2, -0.15) is 0 Å². The van der Waals surface area contributed by atoms with E-state index in [1.165, 1.54) is 30.5 Å². The molecule has 5 rings (SSSR count). The van der Waals surface area contributed by atoms with Crippen LogP contribution in [0, 0.1) is 0 Å². The SMILES string of the molecule is CN1Cc2ncc(-c3cc(C(=O)Nc4ccc(OC(F)(F)Cl)cc4)cnc3N3CCCC3=O)cc2C1=O. The van der Waals surface area contributed by atoms with Gasteiger partial charge in [-0.1, -0.05) is 0 Å². The van der Waals surface area contributed by atoms with Crippen LogP contribution in [-0.2, 0) is 11.3 Å². The molecule has 2 aliphatic heterocycles. The molecule has 0 atom stereocenters. The van der Waals surface area contributed by atoms with Crippen molar-refractivity contribution >= 4 is 40.8 Å². The molecule has 1 N–H and O–H groups in total. The Labute approximate surface area is 215 Å². The van der Waals surface area contributed by atoms with Crippen LogP contribution in [0.5, 0.6) is 5.75 Å². The van der Waals surface area contributed by atoms with Crippen molar-refractivity contribution in [1.29, 1.82) is 0 Å². The van der Waals surface area contributed by atoms with Crippen LogP contribution in [0.3, 0.4) is 0 Å². The summed E-state index contributed by atoms with van der Waals surface area (Å²) >= 11 is 4.77. The molecule has 2 aliphatic rings. The Morgan fingerprint density at radius 2 is 1.86 bits per heavy atom. The van der Waals surface area contributed by atoms with E-state index in [0.29, 0.717) is 59.8 Å². The number of benzene rings is 1. The van der Waals surface area contributed by atoms with Gasteiger partial charge in [0.25, 0.3) is 11.8 Å². The maximum absolute atomic E-state index is 13.0. The lowest BCUT2D eigenvalue weighted by Crippen LogP contribution is -2.26. The van der Waals surface area contributed by atoms with Crippen LogP contribution in [0.2, 0.25) is 0 Å². The molecule has 0 unspecified atom stereocenters. The lowest BCUT2D eigenvalue weighted by Gasteiger charge is -2.19. The van der Waals surface area contributed by atoms with Gasteiger partial charge in [0.2, 0.25) is 5.91 Å². The number of amides is 3. The second-order valence-electron chi connectivity index (χ2n) is 8.65. The maximum Gasteiger partial charge on any atom is 0.487 e. The second kappa shape index (κ2) is 9.40. The number of hydrogen-bond donors (Lipinski definition) is 1. The molecule has 0 spiro atoms. The van der Waals surface area contributed by atoms with Gasteiger partial charge in [0, 0.05) is 60.8 Å². The van der Waals surface area contributed by atoms with Gasteiger partial charge < -0.3 is 15.0 Å². The Bertz CT molecular complexity index is 1410. The molecule has 0 saturated carbocycles. The fraction of sp³-hybridized carbons (Fsp3) is 0.240. The largest absolute Gasteiger partial charge is 0.487 e. The number of ether oxygens (including phenoxy) is 1. The van der Waals surface area contributed by atoms with E-state index >= 15 is 0 Å². The van der Waals surface area contributed by atoms with Crippen molar-refractivity contribution in [3.05, 3.63) is 65.6 Å². The first-order chi connectivity index (χ1) is 17.6. The first-order valence-corrected chi connectivity index (χ1v) is 11.7. The van der Waals surface area contributed by atoms with Gasteiger partial charge in [-0.3, -0.25) is 24.3 Å². The van der Waals surface area contributed by atoms with Crippen molar-refractivity contribution in [2.45, 2.75) is 25.0 Å². The molecule has 37 heavy (non-hydrogen) atoms. The van der Waals surface area contributed by atoms with Gasteiger partial charge in [-0.15, -0.1) is 8.78 Å². The van der Waals surface area contributed by atoms with Gasteiger partial charge in [-0.25, -0.2) is 4.98 Å². The molecule has 9 nitrogen and oxygen atoms in total. The van der Waals surface area contributed by atoms with E-state index in [1.54, 1.807) is 35.2 Å². The molecule has 1 saturated heterocycles. The van der Waals surface area contributed by atoms with E-state index in [0.717, 1.165) is 0 Å². The van der Waals surface area contributed by atoms with Crippen LogP contribution >= 0.6 is 11.6 Å². The molecule has 4 heterocycles. The van der Waals surface area contributed by atoms with Gasteiger partial charge in [-0.05, 0) is 42.8 Å². The second-order valence-corrected chi connectivity index (χ2v) is 9.09. The fourth-order valence-corrected chi connectivity index (χ4v) is 4.37. The van der Waals surface area contributed by atoms with E-state index in [9.17, 15) is 23.2 Å². The Morgan fingerprint density at radius 3 is 2.54 bits per heavy atom. The Hall–Kier alpha value is -4.12. The van der Waals surface area contributed by atoms with Crippen LogP contribution < -0.4 is 15.0 Å². The topological polar surface area (TPSA) is 105 Å². The zero-order valence-electron chi connectivity index (χ0n) is 19.5. The number of pyridine rings is 2. The minimum atomic E-state index is -3.85. The van der Waals surface area contributed by atoms with Gasteiger partial charge in [0.05, 0.1) is 23.4 Å². The highest BCUT2D eigenvalue weighted by molar-refractivity contribution is 6.20. The average Bonchev–Trinajstić information content (AvgIpc) is 3.41. The number of fused-ring (bicyclic) bond motifs is 1. The number of carbonyl (C=O) groups excluding carboxylic acids is 3. The summed E-state index contributed by atoms with van der Waals surface area (Å²) in [5, 5.41) is 2.67. The number of anilines is 2. The predicted octanol–water partition coefficient (Wildman–Crippen LogP) is 4.28. The van der Waals surface area contributed by atoms with E-state index < -0.39 is 11.5 Å². The van der Waals surface area contributed by atoms with E-state index in [1.807, 2.05) is 0 Å². The van der Waals surface area contributed by atoms with E-state index in [4.69, 9.17) is 11.6 Å². The molecule has 1 fully saturated rings. The monoisotopic (exact) mass is 527 g/mol. The highest BCUT2D eigenvalue weighted by atomic mass is 35.5. The minimum absolute atomic E-state index is 0.0827. The zero-order chi connectivity index (χ0) is 26.3. The summed E-state index contributed by atoms with van der Waals surface area (Å²) in [5.74, 6) is -0.562. The Morgan fingerprint density at radius 1 is 1.11 bits per heavy atom. The summed E-state index contributed by atoms with van der Waals surface area (Å²) in [5.41, 5.74) is -1.21.